The Morgan fingerprint density at radius 3 is 2.32 bits per heavy atom. The first-order valence-electron chi connectivity index (χ1n) is 9.89. The summed E-state index contributed by atoms with van der Waals surface area (Å²) < 4.78 is 5.01. The molecule has 31 heavy (non-hydrogen) atoms. The van der Waals surface area contributed by atoms with Crippen LogP contribution in [0.5, 0.6) is 0 Å². The number of piperazine rings is 1. The summed E-state index contributed by atoms with van der Waals surface area (Å²) in [5.74, 6) is -1.10. The van der Waals surface area contributed by atoms with Crippen LogP contribution in [0.3, 0.4) is 0 Å². The van der Waals surface area contributed by atoms with Crippen molar-refractivity contribution >= 4 is 40.8 Å². The van der Waals surface area contributed by atoms with Gasteiger partial charge in [-0.05, 0) is 23.6 Å². The summed E-state index contributed by atoms with van der Waals surface area (Å²) in [4.78, 5) is 51.9. The number of carbonyl (C=O) groups is 4. The molecule has 1 aromatic carbocycles. The molecular weight excluding hydrogens is 420 g/mol. The lowest BCUT2D eigenvalue weighted by Gasteiger charge is -2.34. The Morgan fingerprint density at radius 2 is 1.65 bits per heavy atom. The molecule has 3 rings (SSSR count). The van der Waals surface area contributed by atoms with Crippen LogP contribution < -0.4 is 10.6 Å². The molecule has 10 heteroatoms. The number of amides is 4. The lowest BCUT2D eigenvalue weighted by molar-refractivity contribution is -0.152. The fraction of sp³-hybridized carbons (Fsp3) is 0.333. The number of nitrogens with zero attached hydrogens (tertiary/aromatic N) is 2. The zero-order valence-electron chi connectivity index (χ0n) is 16.9. The first-order chi connectivity index (χ1) is 15.0. The van der Waals surface area contributed by atoms with E-state index in [1.807, 2.05) is 18.2 Å². The fourth-order valence-electron chi connectivity index (χ4n) is 2.96. The van der Waals surface area contributed by atoms with Gasteiger partial charge in [-0.3, -0.25) is 14.4 Å². The van der Waals surface area contributed by atoms with E-state index in [1.165, 1.54) is 11.3 Å². The van der Waals surface area contributed by atoms with Gasteiger partial charge in [0.05, 0.1) is 11.3 Å². The van der Waals surface area contributed by atoms with Gasteiger partial charge in [-0.1, -0.05) is 24.3 Å². The molecule has 1 aromatic heterocycles. The summed E-state index contributed by atoms with van der Waals surface area (Å²) >= 11 is 1.32. The van der Waals surface area contributed by atoms with E-state index in [2.05, 4.69) is 10.6 Å². The van der Waals surface area contributed by atoms with E-state index >= 15 is 0 Å². The number of nitrogens with one attached hydrogen (secondary N) is 2. The highest BCUT2D eigenvalue weighted by Crippen LogP contribution is 2.09. The number of hydrogen-bond donors (Lipinski definition) is 2. The third kappa shape index (κ3) is 6.82. The molecule has 0 atom stereocenters. The van der Waals surface area contributed by atoms with Crippen LogP contribution >= 0.6 is 11.3 Å². The molecule has 1 aliphatic rings. The number of carbonyl (C=O) groups excluding carboxylic acids is 4. The van der Waals surface area contributed by atoms with E-state index in [4.69, 9.17) is 4.74 Å². The topological polar surface area (TPSA) is 108 Å². The third-order valence-corrected chi connectivity index (χ3v) is 5.53. The molecule has 2 N–H and O–H groups in total. The minimum atomic E-state index is -0.555. The predicted octanol–water partition coefficient (Wildman–Crippen LogP) is 1.79. The van der Waals surface area contributed by atoms with Crippen LogP contribution in [0, 0.1) is 0 Å². The average molecular weight is 445 g/mol. The van der Waals surface area contributed by atoms with Crippen LogP contribution in [-0.2, 0) is 14.3 Å². The van der Waals surface area contributed by atoms with Gasteiger partial charge in [-0.25, -0.2) is 4.79 Å². The minimum absolute atomic E-state index is 0.0160. The van der Waals surface area contributed by atoms with Crippen molar-refractivity contribution in [1.82, 2.24) is 15.1 Å². The molecule has 0 spiro atoms. The summed E-state index contributed by atoms with van der Waals surface area (Å²) in [5.41, 5.74) is 0.712. The van der Waals surface area contributed by atoms with Crippen molar-refractivity contribution in [1.29, 1.82) is 0 Å². The number of hydrogen-bond acceptors (Lipinski definition) is 6. The van der Waals surface area contributed by atoms with Crippen LogP contribution in [0.4, 0.5) is 10.5 Å². The Morgan fingerprint density at radius 1 is 0.935 bits per heavy atom. The first-order valence-corrected chi connectivity index (χ1v) is 10.8. The van der Waals surface area contributed by atoms with E-state index < -0.39 is 5.97 Å². The van der Waals surface area contributed by atoms with Gasteiger partial charge in [0.2, 0.25) is 0 Å². The number of para-hydroxylation sites is 1. The SMILES string of the molecule is O=C(CCNC(=O)c1cccs1)OCC(=O)N1CCN(C(=O)Nc2ccccc2)CC1. The van der Waals surface area contributed by atoms with Crippen LogP contribution in [0.15, 0.2) is 47.8 Å². The summed E-state index contributed by atoms with van der Waals surface area (Å²) in [5, 5.41) is 7.24. The van der Waals surface area contributed by atoms with Gasteiger partial charge in [0.1, 0.15) is 0 Å². The van der Waals surface area contributed by atoms with Gasteiger partial charge in [-0.2, -0.15) is 0 Å². The van der Waals surface area contributed by atoms with Crippen LogP contribution in [-0.4, -0.2) is 72.9 Å². The maximum Gasteiger partial charge on any atom is 0.321 e. The first kappa shape index (κ1) is 22.3. The number of benzene rings is 1. The predicted molar refractivity (Wildman–Crippen MR) is 116 cm³/mol. The zero-order valence-corrected chi connectivity index (χ0v) is 17.7. The second-order valence-electron chi connectivity index (χ2n) is 6.81. The smallest absolute Gasteiger partial charge is 0.321 e. The third-order valence-electron chi connectivity index (χ3n) is 4.66. The summed E-state index contributed by atoms with van der Waals surface area (Å²) in [6.07, 6.45) is -0.0160. The molecule has 0 saturated carbocycles. The molecule has 2 aromatic rings. The Balaban J connectivity index is 1.31. The molecular formula is C21H24N4O5S. The highest BCUT2D eigenvalue weighted by molar-refractivity contribution is 7.12. The molecule has 0 aliphatic carbocycles. The van der Waals surface area contributed by atoms with Gasteiger partial charge in [-0.15, -0.1) is 11.3 Å². The molecule has 9 nitrogen and oxygen atoms in total. The van der Waals surface area contributed by atoms with E-state index in [0.29, 0.717) is 36.7 Å². The second kappa shape index (κ2) is 11.1. The quantitative estimate of drug-likeness (QED) is 0.633. The Hall–Kier alpha value is -3.40. The lowest BCUT2D eigenvalue weighted by Crippen LogP contribution is -2.52. The Labute approximate surface area is 184 Å². The largest absolute Gasteiger partial charge is 0.456 e. The number of thiophene rings is 1. The maximum atomic E-state index is 12.3. The van der Waals surface area contributed by atoms with Crippen LogP contribution in [0.2, 0.25) is 0 Å². The van der Waals surface area contributed by atoms with Crippen molar-refractivity contribution in [2.75, 3.05) is 44.6 Å². The standard InChI is InChI=1S/C21H24N4O5S/c26-18(15-30-19(27)8-9-22-20(28)17-7-4-14-31-17)24-10-12-25(13-11-24)21(29)23-16-5-2-1-3-6-16/h1-7,14H,8-13,15H2,(H,22,28)(H,23,29). The number of esters is 1. The number of ether oxygens (including phenoxy) is 1. The monoisotopic (exact) mass is 444 g/mol. The van der Waals surface area contributed by atoms with Gasteiger partial charge in [0, 0.05) is 38.4 Å². The molecule has 1 saturated heterocycles. The molecule has 0 radical (unpaired) electrons. The van der Waals surface area contributed by atoms with Gasteiger partial charge >= 0.3 is 12.0 Å². The minimum Gasteiger partial charge on any atom is -0.456 e. The maximum absolute atomic E-state index is 12.3. The summed E-state index contributed by atoms with van der Waals surface area (Å²) in [6, 6.07) is 12.4. The van der Waals surface area contributed by atoms with Gasteiger partial charge < -0.3 is 25.2 Å². The molecule has 4 amide bonds. The number of anilines is 1. The van der Waals surface area contributed by atoms with E-state index in [0.717, 1.165) is 0 Å². The molecule has 0 bridgehead atoms. The lowest BCUT2D eigenvalue weighted by atomic mass is 10.3. The molecule has 2 heterocycles. The Kier molecular flexibility index (Phi) is 7.99. The fourth-order valence-corrected chi connectivity index (χ4v) is 3.60. The molecule has 164 valence electrons. The Bertz CT molecular complexity index is 896. The van der Waals surface area contributed by atoms with Crippen LogP contribution in [0.1, 0.15) is 16.1 Å². The highest BCUT2D eigenvalue weighted by atomic mass is 32.1. The second-order valence-corrected chi connectivity index (χ2v) is 7.76. The zero-order chi connectivity index (χ0) is 22.1. The van der Waals surface area contributed by atoms with E-state index in [1.54, 1.807) is 39.4 Å². The normalized spacial score (nSPS) is 13.4. The van der Waals surface area contributed by atoms with Crippen molar-refractivity contribution in [3.63, 3.8) is 0 Å². The van der Waals surface area contributed by atoms with Crippen molar-refractivity contribution in [3.05, 3.63) is 52.7 Å². The van der Waals surface area contributed by atoms with Crippen LogP contribution in [0.25, 0.3) is 0 Å². The van der Waals surface area contributed by atoms with Crippen molar-refractivity contribution in [2.45, 2.75) is 6.42 Å². The highest BCUT2D eigenvalue weighted by Gasteiger charge is 2.24. The molecule has 0 unspecified atom stereocenters. The number of rotatable bonds is 7. The molecule has 1 aliphatic heterocycles. The average Bonchev–Trinajstić information content (AvgIpc) is 3.33. The van der Waals surface area contributed by atoms with Crippen molar-refractivity contribution in [2.24, 2.45) is 0 Å². The molecule has 1 fully saturated rings. The van der Waals surface area contributed by atoms with Gasteiger partial charge in [0.25, 0.3) is 11.8 Å². The van der Waals surface area contributed by atoms with Crippen molar-refractivity contribution < 1.29 is 23.9 Å². The van der Waals surface area contributed by atoms with E-state index in [-0.39, 0.29) is 37.4 Å². The number of urea groups is 1. The van der Waals surface area contributed by atoms with Crippen molar-refractivity contribution in [3.8, 4) is 0 Å². The van der Waals surface area contributed by atoms with E-state index in [9.17, 15) is 19.2 Å². The summed E-state index contributed by atoms with van der Waals surface area (Å²) in [6.45, 7) is 1.32. The van der Waals surface area contributed by atoms with Gasteiger partial charge in [0.15, 0.2) is 6.61 Å². The summed E-state index contributed by atoms with van der Waals surface area (Å²) in [7, 11) is 0.